The molecule has 0 nitrogen and oxygen atoms in total. The average molecular weight is 145 g/mol. The van der Waals surface area contributed by atoms with E-state index in [-0.39, 0.29) is 0 Å². The predicted molar refractivity (Wildman–Crippen MR) is 46.4 cm³/mol. The quantitative estimate of drug-likeness (QED) is 0.457. The van der Waals surface area contributed by atoms with Gasteiger partial charge >= 0.3 is 0 Å². The van der Waals surface area contributed by atoms with Crippen LogP contribution in [0.4, 0.5) is 0 Å². The first-order valence-corrected chi connectivity index (χ1v) is 4.34. The first-order chi connectivity index (χ1) is 3.71. The van der Waals surface area contributed by atoms with Gasteiger partial charge in [0.15, 0.2) is 0 Å². The molecule has 0 amide bonds. The number of hydrogen-bond donors (Lipinski definition) is 0. The van der Waals surface area contributed by atoms with Crippen molar-refractivity contribution >= 4 is 8.58 Å². The molecule has 0 atom stereocenters. The van der Waals surface area contributed by atoms with Crippen LogP contribution >= 0.6 is 8.58 Å². The summed E-state index contributed by atoms with van der Waals surface area (Å²) in [7, 11) is 1.53. The monoisotopic (exact) mass is 145 g/mol. The Morgan fingerprint density at radius 3 is 0.889 bits per heavy atom. The highest BCUT2D eigenvalue weighted by molar-refractivity contribution is 7.41. The maximum Gasteiger partial charge on any atom is -0.0136 e. The van der Waals surface area contributed by atoms with E-state index in [9.17, 15) is 0 Å². The molecule has 0 saturated heterocycles. The molecule has 0 unspecified atom stereocenters. The summed E-state index contributed by atoms with van der Waals surface area (Å²) in [6.07, 6.45) is 0. The van der Waals surface area contributed by atoms with Gasteiger partial charge in [0.05, 0.1) is 0 Å². The fourth-order valence-corrected chi connectivity index (χ4v) is 3.02. The highest BCUT2D eigenvalue weighted by Crippen LogP contribution is 2.41. The summed E-state index contributed by atoms with van der Waals surface area (Å²) in [5, 5.41) is 0.913. The van der Waals surface area contributed by atoms with Crippen molar-refractivity contribution in [1.82, 2.24) is 0 Å². The Morgan fingerprint density at radius 1 is 0.667 bits per heavy atom. The molecule has 0 spiro atoms. The van der Waals surface area contributed by atoms with E-state index in [0.29, 0.717) is 10.3 Å². The molecule has 55 valence electrons. The molecule has 0 heterocycles. The lowest BCUT2D eigenvalue weighted by Crippen LogP contribution is -2.16. The Balaban J connectivity index is 3.75. The minimum atomic E-state index is 0.457. The van der Waals surface area contributed by atoms with Crippen molar-refractivity contribution < 1.29 is 0 Å². The minimum Gasteiger partial charge on any atom is -0.0689 e. The smallest absolute Gasteiger partial charge is 0.0136 e. The van der Waals surface area contributed by atoms with E-state index in [0.717, 1.165) is 0 Å². The van der Waals surface area contributed by atoms with Crippen molar-refractivity contribution in [3.63, 3.8) is 0 Å². The molecular formula is C8H18P. The zero-order valence-electron chi connectivity index (χ0n) is 7.45. The van der Waals surface area contributed by atoms with Gasteiger partial charge < -0.3 is 0 Å². The number of hydrogen-bond acceptors (Lipinski definition) is 0. The highest BCUT2D eigenvalue weighted by atomic mass is 31.1. The van der Waals surface area contributed by atoms with Crippen LogP contribution in [0.25, 0.3) is 0 Å². The zero-order chi connectivity index (χ0) is 7.71. The maximum atomic E-state index is 2.28. The van der Waals surface area contributed by atoms with Gasteiger partial charge in [-0.15, -0.1) is 0 Å². The molecule has 0 aromatic heterocycles. The first kappa shape index (κ1) is 9.43. The Morgan fingerprint density at radius 2 is 0.889 bits per heavy atom. The molecule has 0 N–H and O–H groups in total. The van der Waals surface area contributed by atoms with Gasteiger partial charge in [-0.25, -0.2) is 0 Å². The van der Waals surface area contributed by atoms with Crippen LogP contribution in [0.5, 0.6) is 0 Å². The van der Waals surface area contributed by atoms with Crippen LogP contribution in [0.3, 0.4) is 0 Å². The van der Waals surface area contributed by atoms with E-state index in [1.54, 1.807) is 0 Å². The molecule has 1 heteroatoms. The van der Waals surface area contributed by atoms with Gasteiger partial charge in [-0.2, -0.15) is 0 Å². The first-order valence-electron chi connectivity index (χ1n) is 3.45. The summed E-state index contributed by atoms with van der Waals surface area (Å²) in [6.45, 7) is 13.7. The lowest BCUT2D eigenvalue weighted by molar-refractivity contribution is 0.725. The van der Waals surface area contributed by atoms with Crippen LogP contribution in [0, 0.1) is 0 Å². The topological polar surface area (TPSA) is 0 Å². The van der Waals surface area contributed by atoms with Crippen molar-refractivity contribution in [2.24, 2.45) is 0 Å². The van der Waals surface area contributed by atoms with Crippen LogP contribution in [0.15, 0.2) is 0 Å². The molecule has 0 bridgehead atoms. The highest BCUT2D eigenvalue weighted by Gasteiger charge is 2.20. The Labute approximate surface area is 61.2 Å². The zero-order valence-corrected chi connectivity index (χ0v) is 8.34. The van der Waals surface area contributed by atoms with E-state index in [1.165, 1.54) is 8.58 Å². The van der Waals surface area contributed by atoms with E-state index in [1.807, 2.05) is 0 Å². The molecule has 0 rings (SSSR count). The molecule has 0 aromatic carbocycles. The van der Waals surface area contributed by atoms with Crippen molar-refractivity contribution in [3.05, 3.63) is 0 Å². The molecular weight excluding hydrogens is 127 g/mol. The third kappa shape index (κ3) is 8.43. The summed E-state index contributed by atoms with van der Waals surface area (Å²) in [6, 6.07) is 0. The molecule has 9 heavy (non-hydrogen) atoms. The summed E-state index contributed by atoms with van der Waals surface area (Å²) < 4.78 is 0. The SMILES string of the molecule is CC(C)(C)[P]C(C)(C)C. The molecule has 0 fully saturated rings. The van der Waals surface area contributed by atoms with Crippen molar-refractivity contribution in [3.8, 4) is 0 Å². The molecule has 0 aliphatic carbocycles. The van der Waals surface area contributed by atoms with Gasteiger partial charge in [0.2, 0.25) is 0 Å². The van der Waals surface area contributed by atoms with Gasteiger partial charge in [-0.05, 0) is 10.3 Å². The molecule has 0 aliphatic heterocycles. The normalized spacial score (nSPS) is 14.0. The predicted octanol–water partition coefficient (Wildman–Crippen LogP) is 3.53. The maximum absolute atomic E-state index is 2.28. The second-order valence-electron chi connectivity index (χ2n) is 4.45. The largest absolute Gasteiger partial charge is 0.0689 e. The Hall–Kier alpha value is 0.430. The molecule has 0 aliphatic rings. The summed E-state index contributed by atoms with van der Waals surface area (Å²) in [5.41, 5.74) is 0. The van der Waals surface area contributed by atoms with Crippen LogP contribution in [-0.2, 0) is 0 Å². The Kier molecular flexibility index (Phi) is 2.70. The summed E-state index contributed by atoms with van der Waals surface area (Å²) in [5.74, 6) is 0. The fourth-order valence-electron chi connectivity index (χ4n) is 1.01. The van der Waals surface area contributed by atoms with Gasteiger partial charge in [-0.1, -0.05) is 50.1 Å². The van der Waals surface area contributed by atoms with Gasteiger partial charge in [0, 0.05) is 0 Å². The second kappa shape index (κ2) is 2.58. The van der Waals surface area contributed by atoms with Crippen LogP contribution in [0.2, 0.25) is 0 Å². The lowest BCUT2D eigenvalue weighted by atomic mass is 10.2. The Bertz CT molecular complexity index is 69.7. The minimum absolute atomic E-state index is 0.457. The van der Waals surface area contributed by atoms with Gasteiger partial charge in [0.1, 0.15) is 0 Å². The van der Waals surface area contributed by atoms with E-state index in [4.69, 9.17) is 0 Å². The molecule has 0 aromatic rings. The van der Waals surface area contributed by atoms with Crippen molar-refractivity contribution in [2.45, 2.75) is 51.9 Å². The summed E-state index contributed by atoms with van der Waals surface area (Å²) in [4.78, 5) is 0. The van der Waals surface area contributed by atoms with Crippen molar-refractivity contribution in [1.29, 1.82) is 0 Å². The summed E-state index contributed by atoms with van der Waals surface area (Å²) >= 11 is 0. The third-order valence-electron chi connectivity index (χ3n) is 0.671. The van der Waals surface area contributed by atoms with Crippen molar-refractivity contribution in [2.75, 3.05) is 0 Å². The van der Waals surface area contributed by atoms with Crippen LogP contribution in [-0.4, -0.2) is 10.3 Å². The van der Waals surface area contributed by atoms with Crippen LogP contribution in [0.1, 0.15) is 41.5 Å². The molecule has 1 radical (unpaired) electrons. The average Bonchev–Trinajstić information content (AvgIpc) is 1.14. The lowest BCUT2D eigenvalue weighted by Gasteiger charge is -2.27. The fraction of sp³-hybridized carbons (Fsp3) is 1.00. The van der Waals surface area contributed by atoms with E-state index in [2.05, 4.69) is 41.5 Å². The van der Waals surface area contributed by atoms with Gasteiger partial charge in [0.25, 0.3) is 0 Å². The van der Waals surface area contributed by atoms with Crippen LogP contribution < -0.4 is 0 Å². The second-order valence-corrected chi connectivity index (χ2v) is 7.36. The van der Waals surface area contributed by atoms with E-state index >= 15 is 0 Å². The number of rotatable bonds is 0. The third-order valence-corrected chi connectivity index (χ3v) is 2.01. The molecule has 0 saturated carbocycles. The standard InChI is InChI=1S/C8H18P/c1-7(2,3)9-8(4,5)6/h1-6H3. The van der Waals surface area contributed by atoms with E-state index < -0.39 is 0 Å². The van der Waals surface area contributed by atoms with Gasteiger partial charge in [-0.3, -0.25) is 0 Å².